The van der Waals surface area contributed by atoms with E-state index in [1.165, 1.54) is 12.3 Å². The largest absolute Gasteiger partial charge is 0.394 e. The van der Waals surface area contributed by atoms with Crippen molar-refractivity contribution in [2.24, 2.45) is 5.73 Å². The smallest absolute Gasteiger partial charge is 0.147 e. The molecule has 0 saturated heterocycles. The highest BCUT2D eigenvalue weighted by molar-refractivity contribution is 9.10. The maximum atomic E-state index is 13.0. The Morgan fingerprint density at radius 3 is 2.92 bits per heavy atom. The summed E-state index contributed by atoms with van der Waals surface area (Å²) in [7, 11) is 0. The molecule has 12 heavy (non-hydrogen) atoms. The first kappa shape index (κ1) is 9.57. The van der Waals surface area contributed by atoms with Gasteiger partial charge in [0.15, 0.2) is 0 Å². The summed E-state index contributed by atoms with van der Waals surface area (Å²) in [5.41, 5.74) is 5.46. The third kappa shape index (κ3) is 2.00. The average molecular weight is 235 g/mol. The first-order valence-corrected chi connectivity index (χ1v) is 4.12. The third-order valence-electron chi connectivity index (χ3n) is 1.38. The number of nitrogens with two attached hydrogens (primary N) is 1. The van der Waals surface area contributed by atoms with Gasteiger partial charge in [-0.05, 0) is 22.0 Å². The summed E-state index contributed by atoms with van der Waals surface area (Å²) >= 11 is 3.06. The molecular formula is C7H8BrFN2O. The van der Waals surface area contributed by atoms with Gasteiger partial charge in [0, 0.05) is 10.7 Å². The molecule has 3 nitrogen and oxygen atoms in total. The molecule has 0 aliphatic rings. The summed E-state index contributed by atoms with van der Waals surface area (Å²) in [6, 6.07) is 0.510. The van der Waals surface area contributed by atoms with Crippen LogP contribution in [0.2, 0.25) is 0 Å². The predicted molar refractivity (Wildman–Crippen MR) is 45.9 cm³/mol. The molecule has 0 aliphatic heterocycles. The van der Waals surface area contributed by atoms with Gasteiger partial charge in [0.05, 0.1) is 18.3 Å². The number of rotatable bonds is 2. The van der Waals surface area contributed by atoms with Crippen molar-refractivity contribution in [1.82, 2.24) is 4.98 Å². The first-order valence-electron chi connectivity index (χ1n) is 3.32. The van der Waals surface area contributed by atoms with Gasteiger partial charge in [-0.2, -0.15) is 0 Å². The molecule has 0 aliphatic carbocycles. The molecule has 1 atom stereocenters. The Hall–Kier alpha value is -0.520. The van der Waals surface area contributed by atoms with E-state index < -0.39 is 11.9 Å². The quantitative estimate of drug-likeness (QED) is 0.803. The van der Waals surface area contributed by atoms with Crippen LogP contribution in [0.15, 0.2) is 16.7 Å². The second-order valence-corrected chi connectivity index (χ2v) is 3.23. The monoisotopic (exact) mass is 234 g/mol. The van der Waals surface area contributed by atoms with Gasteiger partial charge in [-0.15, -0.1) is 0 Å². The Morgan fingerprint density at radius 1 is 1.75 bits per heavy atom. The molecule has 0 fully saturated rings. The van der Waals surface area contributed by atoms with Crippen LogP contribution >= 0.6 is 15.9 Å². The topological polar surface area (TPSA) is 59.1 Å². The van der Waals surface area contributed by atoms with Crippen molar-refractivity contribution in [3.8, 4) is 0 Å². The van der Waals surface area contributed by atoms with E-state index in [1.54, 1.807) is 0 Å². The van der Waals surface area contributed by atoms with Gasteiger partial charge in [0.2, 0.25) is 0 Å². The fraction of sp³-hybridized carbons (Fsp3) is 0.286. The van der Waals surface area contributed by atoms with Crippen LogP contribution in [0.5, 0.6) is 0 Å². The number of aliphatic hydroxyl groups excluding tert-OH is 1. The Bertz CT molecular complexity index is 282. The lowest BCUT2D eigenvalue weighted by molar-refractivity contribution is 0.262. The van der Waals surface area contributed by atoms with E-state index in [2.05, 4.69) is 20.9 Å². The van der Waals surface area contributed by atoms with Gasteiger partial charge in [0.25, 0.3) is 0 Å². The summed E-state index contributed by atoms with van der Waals surface area (Å²) in [5.74, 6) is -0.508. The normalized spacial score (nSPS) is 13.0. The molecule has 1 aromatic rings. The van der Waals surface area contributed by atoms with Gasteiger partial charge < -0.3 is 10.8 Å². The summed E-state index contributed by atoms with van der Waals surface area (Å²) < 4.78 is 13.6. The zero-order valence-electron chi connectivity index (χ0n) is 6.17. The van der Waals surface area contributed by atoms with Crippen LogP contribution in [0, 0.1) is 5.82 Å². The second kappa shape index (κ2) is 3.93. The van der Waals surface area contributed by atoms with Gasteiger partial charge in [-0.25, -0.2) is 4.39 Å². The lowest BCUT2D eigenvalue weighted by Crippen LogP contribution is -2.17. The molecule has 5 heteroatoms. The lowest BCUT2D eigenvalue weighted by Gasteiger charge is -2.07. The van der Waals surface area contributed by atoms with E-state index in [0.717, 1.165) is 0 Å². The number of aromatic nitrogens is 1. The van der Waals surface area contributed by atoms with Crippen molar-refractivity contribution < 1.29 is 9.50 Å². The molecule has 0 unspecified atom stereocenters. The number of nitrogens with zero attached hydrogens (tertiary/aromatic N) is 1. The van der Waals surface area contributed by atoms with E-state index in [0.29, 0.717) is 4.47 Å². The van der Waals surface area contributed by atoms with Gasteiger partial charge in [-0.3, -0.25) is 4.98 Å². The van der Waals surface area contributed by atoms with Gasteiger partial charge >= 0.3 is 0 Å². The van der Waals surface area contributed by atoms with Crippen molar-refractivity contribution in [2.45, 2.75) is 6.04 Å². The number of halogens is 2. The highest BCUT2D eigenvalue weighted by atomic mass is 79.9. The Labute approximate surface area is 77.5 Å². The van der Waals surface area contributed by atoms with Crippen LogP contribution in [0.3, 0.4) is 0 Å². The molecule has 0 bridgehead atoms. The molecule has 0 aromatic carbocycles. The summed E-state index contributed by atoms with van der Waals surface area (Å²) in [5, 5.41) is 8.64. The molecule has 0 radical (unpaired) electrons. The maximum absolute atomic E-state index is 13.0. The number of pyridine rings is 1. The molecule has 1 heterocycles. The van der Waals surface area contributed by atoms with E-state index in [9.17, 15) is 4.39 Å². The maximum Gasteiger partial charge on any atom is 0.147 e. The molecule has 1 rings (SSSR count). The fourth-order valence-electron chi connectivity index (χ4n) is 0.784. The number of aliphatic hydroxyl groups is 1. The summed E-state index contributed by atoms with van der Waals surface area (Å²) in [6.07, 6.45) is 1.44. The molecule has 0 amide bonds. The fourth-order valence-corrected chi connectivity index (χ4v) is 1.09. The molecular weight excluding hydrogens is 227 g/mol. The highest BCUT2D eigenvalue weighted by Crippen LogP contribution is 2.16. The van der Waals surface area contributed by atoms with Crippen LogP contribution in [0.4, 0.5) is 4.39 Å². The molecule has 0 spiro atoms. The van der Waals surface area contributed by atoms with Crippen molar-refractivity contribution in [1.29, 1.82) is 0 Å². The van der Waals surface area contributed by atoms with Crippen LogP contribution in [-0.2, 0) is 0 Å². The van der Waals surface area contributed by atoms with Crippen LogP contribution in [-0.4, -0.2) is 16.7 Å². The van der Waals surface area contributed by atoms with Crippen molar-refractivity contribution >= 4 is 15.9 Å². The minimum atomic E-state index is -0.752. The zero-order valence-corrected chi connectivity index (χ0v) is 7.75. The van der Waals surface area contributed by atoms with E-state index in [1.807, 2.05) is 0 Å². The van der Waals surface area contributed by atoms with Crippen molar-refractivity contribution in [3.05, 3.63) is 28.2 Å². The van der Waals surface area contributed by atoms with Crippen molar-refractivity contribution in [2.75, 3.05) is 6.61 Å². The Kier molecular flexibility index (Phi) is 3.13. The molecule has 3 N–H and O–H groups in total. The number of hydrogen-bond acceptors (Lipinski definition) is 3. The van der Waals surface area contributed by atoms with Crippen molar-refractivity contribution in [3.63, 3.8) is 0 Å². The zero-order chi connectivity index (χ0) is 9.14. The van der Waals surface area contributed by atoms with Gasteiger partial charge in [-0.1, -0.05) is 0 Å². The van der Waals surface area contributed by atoms with E-state index >= 15 is 0 Å². The average Bonchev–Trinajstić information content (AvgIpc) is 2.03. The SMILES string of the molecule is N[C@@H](CO)c1ncc(Br)cc1F. The third-order valence-corrected chi connectivity index (χ3v) is 1.82. The first-order chi connectivity index (χ1) is 5.65. The highest BCUT2D eigenvalue weighted by Gasteiger charge is 2.11. The summed E-state index contributed by atoms with van der Waals surface area (Å²) in [4.78, 5) is 3.74. The van der Waals surface area contributed by atoms with Gasteiger partial charge in [0.1, 0.15) is 5.82 Å². The second-order valence-electron chi connectivity index (χ2n) is 2.31. The van der Waals surface area contributed by atoms with Crippen LogP contribution in [0.25, 0.3) is 0 Å². The molecule has 1 aromatic heterocycles. The Balaban J connectivity index is 3.01. The van der Waals surface area contributed by atoms with Crippen LogP contribution in [0.1, 0.15) is 11.7 Å². The summed E-state index contributed by atoms with van der Waals surface area (Å²) in [6.45, 7) is -0.314. The lowest BCUT2D eigenvalue weighted by atomic mass is 10.2. The van der Waals surface area contributed by atoms with E-state index in [-0.39, 0.29) is 12.3 Å². The molecule has 0 saturated carbocycles. The van der Waals surface area contributed by atoms with Crippen LogP contribution < -0.4 is 5.73 Å². The minimum absolute atomic E-state index is 0.0840. The molecule has 66 valence electrons. The Morgan fingerprint density at radius 2 is 2.42 bits per heavy atom. The standard InChI is InChI=1S/C7H8BrFN2O/c8-4-1-5(9)7(11-2-4)6(10)3-12/h1-2,6,12H,3,10H2/t6-/m0/s1. The predicted octanol–water partition coefficient (Wildman–Crippen LogP) is 0.975. The minimum Gasteiger partial charge on any atom is -0.394 e. The number of hydrogen-bond donors (Lipinski definition) is 2. The van der Waals surface area contributed by atoms with E-state index in [4.69, 9.17) is 10.8 Å².